The lowest BCUT2D eigenvalue weighted by Gasteiger charge is -2.41. The molecule has 2 rings (SSSR count). The number of ether oxygens (including phenoxy) is 1. The fraction of sp³-hybridized carbons (Fsp3) is 0.667. The van der Waals surface area contributed by atoms with Gasteiger partial charge >= 0.3 is 0 Å². The molecule has 1 fully saturated rings. The van der Waals surface area contributed by atoms with E-state index in [1.165, 1.54) is 11.1 Å². The van der Waals surface area contributed by atoms with E-state index < -0.39 is 0 Å². The Morgan fingerprint density at radius 3 is 2.56 bits per heavy atom. The number of benzene rings is 1. The van der Waals surface area contributed by atoms with Crippen LogP contribution in [0.15, 0.2) is 29.3 Å². The Labute approximate surface area is 165 Å². The first-order valence-corrected chi connectivity index (χ1v) is 9.98. The lowest BCUT2D eigenvalue weighted by Crippen LogP contribution is -2.56. The summed E-state index contributed by atoms with van der Waals surface area (Å²) in [5, 5.41) is 6.89. The largest absolute Gasteiger partial charge is 0.379 e. The summed E-state index contributed by atoms with van der Waals surface area (Å²) in [6.45, 7) is 13.6. The van der Waals surface area contributed by atoms with Crippen LogP contribution in [-0.2, 0) is 17.8 Å². The van der Waals surface area contributed by atoms with Gasteiger partial charge in [-0.2, -0.15) is 0 Å². The molecule has 1 aromatic carbocycles. The predicted molar refractivity (Wildman–Crippen MR) is 113 cm³/mol. The number of nitrogens with zero attached hydrogens (tertiary/aromatic N) is 3. The number of guanidine groups is 1. The average molecular weight is 376 g/mol. The standard InChI is InChI=1S/C21H37N5O/c1-6-22-20(24-17-21(2,3)26-10-12-27-13-11-26)23-15-18-8-7-9-19(14-18)16-25(4)5/h7-9,14H,6,10-13,15-17H2,1-5H3,(H2,22,23,24). The predicted octanol–water partition coefficient (Wildman–Crippen LogP) is 1.91. The molecular weight excluding hydrogens is 338 g/mol. The Morgan fingerprint density at radius 1 is 1.19 bits per heavy atom. The van der Waals surface area contributed by atoms with Crippen molar-refractivity contribution >= 4 is 5.96 Å². The van der Waals surface area contributed by atoms with E-state index in [1.54, 1.807) is 0 Å². The first-order chi connectivity index (χ1) is 12.9. The van der Waals surface area contributed by atoms with Gasteiger partial charge in [0, 0.05) is 38.3 Å². The van der Waals surface area contributed by atoms with Crippen LogP contribution in [0.3, 0.4) is 0 Å². The minimum absolute atomic E-state index is 0.0611. The number of hydrogen-bond acceptors (Lipinski definition) is 4. The van der Waals surface area contributed by atoms with Gasteiger partial charge in [-0.3, -0.25) is 4.90 Å². The summed E-state index contributed by atoms with van der Waals surface area (Å²) in [4.78, 5) is 9.46. The first-order valence-electron chi connectivity index (χ1n) is 9.98. The molecule has 0 spiro atoms. The van der Waals surface area contributed by atoms with Crippen molar-refractivity contribution in [1.82, 2.24) is 20.4 Å². The fourth-order valence-corrected chi connectivity index (χ4v) is 3.28. The van der Waals surface area contributed by atoms with Crippen LogP contribution in [-0.4, -0.2) is 74.8 Å². The van der Waals surface area contributed by atoms with Crippen LogP contribution in [0.5, 0.6) is 0 Å². The molecular formula is C21H37N5O. The zero-order valence-corrected chi connectivity index (χ0v) is 17.7. The van der Waals surface area contributed by atoms with Crippen molar-refractivity contribution in [2.75, 3.05) is 53.5 Å². The number of hydrogen-bond donors (Lipinski definition) is 2. The summed E-state index contributed by atoms with van der Waals surface area (Å²) in [6, 6.07) is 8.67. The summed E-state index contributed by atoms with van der Waals surface area (Å²) >= 11 is 0. The third-order valence-corrected chi connectivity index (χ3v) is 4.81. The van der Waals surface area contributed by atoms with Gasteiger partial charge in [-0.25, -0.2) is 4.99 Å². The van der Waals surface area contributed by atoms with Crippen LogP contribution in [0.4, 0.5) is 0 Å². The summed E-state index contributed by atoms with van der Waals surface area (Å²) in [5.41, 5.74) is 2.61. The molecule has 152 valence electrons. The van der Waals surface area contributed by atoms with Crippen LogP contribution in [0, 0.1) is 0 Å². The Balaban J connectivity index is 1.95. The van der Waals surface area contributed by atoms with Crippen LogP contribution in [0.2, 0.25) is 0 Å². The molecule has 0 amide bonds. The minimum Gasteiger partial charge on any atom is -0.379 e. The van der Waals surface area contributed by atoms with Crippen molar-refractivity contribution in [1.29, 1.82) is 0 Å². The highest BCUT2D eigenvalue weighted by Gasteiger charge is 2.28. The van der Waals surface area contributed by atoms with E-state index in [9.17, 15) is 0 Å². The molecule has 0 radical (unpaired) electrons. The SMILES string of the molecule is CCNC(=NCc1cccc(CN(C)C)c1)NCC(C)(C)N1CCOCC1. The number of morpholine rings is 1. The van der Waals surface area contributed by atoms with E-state index in [-0.39, 0.29) is 5.54 Å². The van der Waals surface area contributed by atoms with E-state index >= 15 is 0 Å². The summed E-state index contributed by atoms with van der Waals surface area (Å²) in [7, 11) is 4.18. The second kappa shape index (κ2) is 10.6. The average Bonchev–Trinajstić information content (AvgIpc) is 2.64. The summed E-state index contributed by atoms with van der Waals surface area (Å²) < 4.78 is 5.48. The van der Waals surface area contributed by atoms with Crippen molar-refractivity contribution in [3.8, 4) is 0 Å². The molecule has 2 N–H and O–H groups in total. The molecule has 27 heavy (non-hydrogen) atoms. The van der Waals surface area contributed by atoms with E-state index in [0.717, 1.165) is 51.9 Å². The maximum atomic E-state index is 5.48. The lowest BCUT2D eigenvalue weighted by molar-refractivity contribution is -0.00834. The Hall–Kier alpha value is -1.63. The van der Waals surface area contributed by atoms with Gasteiger partial charge in [0.2, 0.25) is 0 Å². The third kappa shape index (κ3) is 7.48. The van der Waals surface area contributed by atoms with Crippen molar-refractivity contribution in [3.05, 3.63) is 35.4 Å². The van der Waals surface area contributed by atoms with Crippen molar-refractivity contribution < 1.29 is 4.74 Å². The van der Waals surface area contributed by atoms with Crippen LogP contribution in [0.1, 0.15) is 31.9 Å². The van der Waals surface area contributed by atoms with Crippen molar-refractivity contribution in [2.24, 2.45) is 4.99 Å². The molecule has 1 aromatic rings. The molecule has 0 aromatic heterocycles. The van der Waals surface area contributed by atoms with Crippen molar-refractivity contribution in [3.63, 3.8) is 0 Å². The van der Waals surface area contributed by atoms with Gasteiger partial charge in [0.1, 0.15) is 0 Å². The topological polar surface area (TPSA) is 52.1 Å². The second-order valence-corrected chi connectivity index (χ2v) is 8.02. The second-order valence-electron chi connectivity index (χ2n) is 8.02. The van der Waals surface area contributed by atoms with E-state index in [0.29, 0.717) is 6.54 Å². The van der Waals surface area contributed by atoms with Gasteiger partial charge in [-0.05, 0) is 46.0 Å². The normalized spacial score (nSPS) is 16.6. The molecule has 6 heteroatoms. The highest BCUT2D eigenvalue weighted by atomic mass is 16.5. The van der Waals surface area contributed by atoms with Crippen LogP contribution in [0.25, 0.3) is 0 Å². The number of rotatable bonds is 8. The van der Waals surface area contributed by atoms with Gasteiger partial charge in [0.05, 0.1) is 19.8 Å². The maximum Gasteiger partial charge on any atom is 0.191 e. The molecule has 0 bridgehead atoms. The quantitative estimate of drug-likeness (QED) is 0.537. The van der Waals surface area contributed by atoms with Gasteiger partial charge in [-0.15, -0.1) is 0 Å². The monoisotopic (exact) mass is 375 g/mol. The molecule has 0 saturated carbocycles. The van der Waals surface area contributed by atoms with Crippen molar-refractivity contribution in [2.45, 2.75) is 39.4 Å². The Kier molecular flexibility index (Phi) is 8.54. The molecule has 6 nitrogen and oxygen atoms in total. The van der Waals surface area contributed by atoms with Gasteiger partial charge < -0.3 is 20.3 Å². The number of nitrogens with one attached hydrogen (secondary N) is 2. The minimum atomic E-state index is 0.0611. The molecule has 1 aliphatic heterocycles. The van der Waals surface area contributed by atoms with Gasteiger partial charge in [-0.1, -0.05) is 24.3 Å². The molecule has 0 unspecified atom stereocenters. The highest BCUT2D eigenvalue weighted by molar-refractivity contribution is 5.79. The zero-order chi connectivity index (χ0) is 19.7. The van der Waals surface area contributed by atoms with Crippen LogP contribution >= 0.6 is 0 Å². The Morgan fingerprint density at radius 2 is 1.89 bits per heavy atom. The third-order valence-electron chi connectivity index (χ3n) is 4.81. The fourth-order valence-electron chi connectivity index (χ4n) is 3.28. The highest BCUT2D eigenvalue weighted by Crippen LogP contribution is 2.15. The molecule has 1 saturated heterocycles. The summed E-state index contributed by atoms with van der Waals surface area (Å²) in [5.74, 6) is 0.872. The molecule has 1 aliphatic rings. The van der Waals surface area contributed by atoms with E-state index in [1.807, 2.05) is 0 Å². The smallest absolute Gasteiger partial charge is 0.191 e. The summed E-state index contributed by atoms with van der Waals surface area (Å²) in [6.07, 6.45) is 0. The van der Waals surface area contributed by atoms with E-state index in [4.69, 9.17) is 9.73 Å². The lowest BCUT2D eigenvalue weighted by atomic mass is 10.0. The number of aliphatic imine (C=N–C) groups is 1. The first kappa shape index (κ1) is 21.7. The Bertz CT molecular complexity index is 594. The maximum absolute atomic E-state index is 5.48. The van der Waals surface area contributed by atoms with Gasteiger partial charge in [0.25, 0.3) is 0 Å². The van der Waals surface area contributed by atoms with Gasteiger partial charge in [0.15, 0.2) is 5.96 Å². The molecule has 0 atom stereocenters. The van der Waals surface area contributed by atoms with Crippen LogP contribution < -0.4 is 10.6 Å². The zero-order valence-electron chi connectivity index (χ0n) is 17.7. The molecule has 1 heterocycles. The molecule has 0 aliphatic carbocycles. The van der Waals surface area contributed by atoms with E-state index in [2.05, 4.69) is 79.6 Å².